The monoisotopic (exact) mass is 412 g/mol. The number of hydrazine groups is 1. The first-order valence-electron chi connectivity index (χ1n) is 9.99. The molecule has 4 heteroatoms. The average Bonchev–Trinajstić information content (AvgIpc) is 2.78. The SMILES string of the molecule is Cc1cccc(P(=O)(c2cccc(C)c2)N(Nc2ccccc2)c2ccccc2)c1. The van der Waals surface area contributed by atoms with E-state index in [1.165, 1.54) is 0 Å². The Morgan fingerprint density at radius 2 is 1.13 bits per heavy atom. The minimum atomic E-state index is -3.25. The van der Waals surface area contributed by atoms with Crippen LogP contribution in [0.4, 0.5) is 11.4 Å². The van der Waals surface area contributed by atoms with Gasteiger partial charge >= 0.3 is 0 Å². The van der Waals surface area contributed by atoms with Crippen LogP contribution in [0.15, 0.2) is 109 Å². The largest absolute Gasteiger partial charge is 0.292 e. The molecule has 0 radical (unpaired) electrons. The molecule has 3 nitrogen and oxygen atoms in total. The van der Waals surface area contributed by atoms with E-state index >= 15 is 4.57 Å². The highest BCUT2D eigenvalue weighted by Gasteiger charge is 2.36. The first-order chi connectivity index (χ1) is 14.6. The predicted molar refractivity (Wildman–Crippen MR) is 128 cm³/mol. The molecule has 0 spiro atoms. The van der Waals surface area contributed by atoms with Crippen LogP contribution in [0, 0.1) is 13.8 Å². The summed E-state index contributed by atoms with van der Waals surface area (Å²) in [5.74, 6) is 0. The molecule has 150 valence electrons. The summed E-state index contributed by atoms with van der Waals surface area (Å²) in [6.45, 7) is 4.06. The van der Waals surface area contributed by atoms with Crippen molar-refractivity contribution in [3.05, 3.63) is 120 Å². The lowest BCUT2D eigenvalue weighted by Gasteiger charge is -2.35. The highest BCUT2D eigenvalue weighted by molar-refractivity contribution is 7.80. The van der Waals surface area contributed by atoms with Crippen molar-refractivity contribution in [3.8, 4) is 0 Å². The molecule has 1 N–H and O–H groups in total. The van der Waals surface area contributed by atoms with Gasteiger partial charge in [0.25, 0.3) is 0 Å². The molecule has 0 aliphatic heterocycles. The first-order valence-corrected chi connectivity index (χ1v) is 11.7. The molecule has 4 aromatic carbocycles. The van der Waals surface area contributed by atoms with Crippen molar-refractivity contribution in [3.63, 3.8) is 0 Å². The maximum Gasteiger partial charge on any atom is 0.247 e. The second kappa shape index (κ2) is 8.61. The number of hydrogen-bond donors (Lipinski definition) is 1. The summed E-state index contributed by atoms with van der Waals surface area (Å²) in [7, 11) is -3.25. The molecule has 0 fully saturated rings. The summed E-state index contributed by atoms with van der Waals surface area (Å²) in [6.07, 6.45) is 0. The van der Waals surface area contributed by atoms with E-state index in [1.54, 1.807) is 0 Å². The zero-order valence-corrected chi connectivity index (χ0v) is 18.1. The van der Waals surface area contributed by atoms with Gasteiger partial charge in [-0.25, -0.2) is 4.78 Å². The van der Waals surface area contributed by atoms with Gasteiger partial charge in [0, 0.05) is 10.6 Å². The summed E-state index contributed by atoms with van der Waals surface area (Å²) in [6, 6.07) is 35.7. The van der Waals surface area contributed by atoms with Gasteiger partial charge in [0.15, 0.2) is 0 Å². The molecule has 0 unspecified atom stereocenters. The minimum absolute atomic E-state index is 0.792. The molecule has 0 heterocycles. The number of hydrogen-bond acceptors (Lipinski definition) is 2. The molecule has 0 aliphatic carbocycles. The van der Waals surface area contributed by atoms with E-state index in [1.807, 2.05) is 128 Å². The lowest BCUT2D eigenvalue weighted by atomic mass is 10.2. The van der Waals surface area contributed by atoms with Crippen LogP contribution in [0.1, 0.15) is 11.1 Å². The number of benzene rings is 4. The summed E-state index contributed by atoms with van der Waals surface area (Å²) in [4.78, 5) is 0. The van der Waals surface area contributed by atoms with Gasteiger partial charge in [0.2, 0.25) is 7.29 Å². The van der Waals surface area contributed by atoms with E-state index in [0.29, 0.717) is 0 Å². The Labute approximate surface area is 178 Å². The Morgan fingerprint density at radius 1 is 0.633 bits per heavy atom. The Hall–Kier alpha value is -3.29. The van der Waals surface area contributed by atoms with E-state index in [0.717, 1.165) is 33.1 Å². The van der Waals surface area contributed by atoms with Crippen LogP contribution in [0.2, 0.25) is 0 Å². The Morgan fingerprint density at radius 3 is 1.63 bits per heavy atom. The molecular weight excluding hydrogens is 387 g/mol. The summed E-state index contributed by atoms with van der Waals surface area (Å²) < 4.78 is 16.9. The van der Waals surface area contributed by atoms with Crippen molar-refractivity contribution in [2.24, 2.45) is 0 Å². The van der Waals surface area contributed by atoms with Gasteiger partial charge in [0.1, 0.15) is 0 Å². The van der Waals surface area contributed by atoms with Crippen molar-refractivity contribution in [1.29, 1.82) is 0 Å². The molecule has 0 saturated carbocycles. The van der Waals surface area contributed by atoms with Crippen molar-refractivity contribution in [2.45, 2.75) is 13.8 Å². The standard InChI is InChI=1S/C26H25N2OP/c1-21-11-9-17-25(19-21)30(29,26-18-10-12-22(2)20-26)28(24-15-7-4-8-16-24)27-23-13-5-3-6-14-23/h3-20,27H,1-2H3. The number of para-hydroxylation sites is 2. The zero-order chi connectivity index (χ0) is 21.0. The van der Waals surface area contributed by atoms with Gasteiger partial charge in [-0.1, -0.05) is 71.8 Å². The smallest absolute Gasteiger partial charge is 0.247 e. The van der Waals surface area contributed by atoms with Crippen molar-refractivity contribution in [2.75, 3.05) is 10.2 Å². The zero-order valence-electron chi connectivity index (χ0n) is 17.2. The van der Waals surface area contributed by atoms with E-state index in [9.17, 15) is 0 Å². The van der Waals surface area contributed by atoms with E-state index < -0.39 is 7.29 Å². The van der Waals surface area contributed by atoms with E-state index in [2.05, 4.69) is 5.43 Å². The fourth-order valence-corrected chi connectivity index (χ4v) is 6.32. The normalized spacial score (nSPS) is 11.1. The van der Waals surface area contributed by atoms with Crippen LogP contribution in [-0.2, 0) is 4.57 Å². The molecule has 0 amide bonds. The van der Waals surface area contributed by atoms with Gasteiger partial charge in [-0.05, 0) is 62.4 Å². The topological polar surface area (TPSA) is 32.3 Å². The molecule has 0 bridgehead atoms. The minimum Gasteiger partial charge on any atom is -0.292 e. The molecule has 30 heavy (non-hydrogen) atoms. The molecule has 0 saturated heterocycles. The van der Waals surface area contributed by atoms with Crippen LogP contribution in [0.25, 0.3) is 0 Å². The Bertz CT molecular complexity index is 1130. The Balaban J connectivity index is 1.97. The number of aryl methyl sites for hydroxylation is 2. The van der Waals surface area contributed by atoms with Gasteiger partial charge in [0.05, 0.1) is 11.4 Å². The molecule has 0 aliphatic rings. The lowest BCUT2D eigenvalue weighted by Crippen LogP contribution is -2.36. The third-order valence-corrected chi connectivity index (χ3v) is 7.84. The van der Waals surface area contributed by atoms with Crippen molar-refractivity contribution < 1.29 is 4.57 Å². The first kappa shape index (κ1) is 20.0. The van der Waals surface area contributed by atoms with Crippen LogP contribution >= 0.6 is 7.29 Å². The van der Waals surface area contributed by atoms with Crippen LogP contribution in [0.5, 0.6) is 0 Å². The number of nitrogens with zero attached hydrogens (tertiary/aromatic N) is 1. The van der Waals surface area contributed by atoms with Crippen LogP contribution in [-0.4, -0.2) is 0 Å². The van der Waals surface area contributed by atoms with E-state index in [4.69, 9.17) is 0 Å². The summed E-state index contributed by atoms with van der Waals surface area (Å²) >= 11 is 0. The number of nitrogens with one attached hydrogen (secondary N) is 1. The van der Waals surface area contributed by atoms with Gasteiger partial charge in [-0.15, -0.1) is 0 Å². The lowest BCUT2D eigenvalue weighted by molar-refractivity contribution is 0.585. The van der Waals surface area contributed by atoms with Crippen LogP contribution in [0.3, 0.4) is 0 Å². The maximum absolute atomic E-state index is 15.1. The second-order valence-electron chi connectivity index (χ2n) is 7.38. The van der Waals surface area contributed by atoms with Gasteiger partial charge in [-0.2, -0.15) is 0 Å². The number of rotatable bonds is 6. The summed E-state index contributed by atoms with van der Waals surface area (Å²) in [5, 5.41) is 1.58. The maximum atomic E-state index is 15.1. The number of anilines is 2. The fraction of sp³-hybridized carbons (Fsp3) is 0.0769. The van der Waals surface area contributed by atoms with Crippen molar-refractivity contribution in [1.82, 2.24) is 0 Å². The average molecular weight is 412 g/mol. The molecule has 0 aromatic heterocycles. The third kappa shape index (κ3) is 4.03. The molecule has 4 aromatic rings. The molecular formula is C26H25N2OP. The Kier molecular flexibility index (Phi) is 5.74. The summed E-state index contributed by atoms with van der Waals surface area (Å²) in [5.41, 5.74) is 7.31. The predicted octanol–water partition coefficient (Wildman–Crippen LogP) is 6.07. The van der Waals surface area contributed by atoms with Gasteiger partial charge < -0.3 is 0 Å². The highest BCUT2D eigenvalue weighted by Crippen LogP contribution is 2.50. The fourth-order valence-electron chi connectivity index (χ4n) is 3.51. The van der Waals surface area contributed by atoms with Crippen LogP contribution < -0.4 is 20.8 Å². The quantitative estimate of drug-likeness (QED) is 0.308. The second-order valence-corrected chi connectivity index (χ2v) is 9.96. The van der Waals surface area contributed by atoms with Crippen molar-refractivity contribution >= 4 is 29.3 Å². The van der Waals surface area contributed by atoms with E-state index in [-0.39, 0.29) is 0 Å². The highest BCUT2D eigenvalue weighted by atomic mass is 31.2. The molecule has 4 rings (SSSR count). The molecule has 0 atom stereocenters. The third-order valence-electron chi connectivity index (χ3n) is 4.99. The van der Waals surface area contributed by atoms with Gasteiger partial charge in [-0.3, -0.25) is 9.99 Å².